The van der Waals surface area contributed by atoms with Gasteiger partial charge in [-0.15, -0.1) is 0 Å². The number of anilines is 1. The molecule has 1 unspecified atom stereocenters. The van der Waals surface area contributed by atoms with E-state index in [4.69, 9.17) is 4.52 Å². The van der Waals surface area contributed by atoms with Crippen molar-refractivity contribution in [3.63, 3.8) is 0 Å². The predicted molar refractivity (Wildman–Crippen MR) is 127 cm³/mol. The first kappa shape index (κ1) is 21.1. The molecule has 4 aromatic rings. The minimum absolute atomic E-state index is 0.162. The zero-order valence-electron chi connectivity index (χ0n) is 18.5. The van der Waals surface area contributed by atoms with E-state index in [1.165, 1.54) is 0 Å². The third-order valence-corrected chi connectivity index (χ3v) is 6.32. The van der Waals surface area contributed by atoms with Gasteiger partial charge in [-0.3, -0.25) is 10.1 Å². The number of aromatic nitrogens is 1. The number of aryl methyl sites for hydroxylation is 2. The standard InChI is InChI=1S/C27H25N3O3/c1-17-25(18(2)33-30-17)20-13-14-23-22(15-20)27(26(32)28-23,21-11-7-4-8-12-21)29-24(16-31)19-9-5-3-6-10-19/h3-15,24,29,31H,16H2,1-2H3,(H,28,32)/t24-,27?/m1/s1. The molecule has 166 valence electrons. The molecule has 1 aliphatic heterocycles. The van der Waals surface area contributed by atoms with E-state index in [2.05, 4.69) is 15.8 Å². The zero-order chi connectivity index (χ0) is 23.0. The number of hydrogen-bond donors (Lipinski definition) is 3. The highest BCUT2D eigenvalue weighted by Crippen LogP contribution is 2.44. The van der Waals surface area contributed by atoms with Gasteiger partial charge in [0.1, 0.15) is 5.76 Å². The average molecular weight is 440 g/mol. The van der Waals surface area contributed by atoms with Gasteiger partial charge in [0.2, 0.25) is 0 Å². The molecule has 0 saturated carbocycles. The second kappa shape index (κ2) is 8.31. The van der Waals surface area contributed by atoms with Crippen molar-refractivity contribution in [3.05, 3.63) is 107 Å². The highest BCUT2D eigenvalue weighted by molar-refractivity contribution is 6.09. The zero-order valence-corrected chi connectivity index (χ0v) is 18.5. The molecule has 1 amide bonds. The van der Waals surface area contributed by atoms with Crippen molar-refractivity contribution >= 4 is 11.6 Å². The maximum Gasteiger partial charge on any atom is 0.254 e. The molecule has 2 atom stereocenters. The first-order valence-electron chi connectivity index (χ1n) is 10.9. The summed E-state index contributed by atoms with van der Waals surface area (Å²) in [4.78, 5) is 13.7. The van der Waals surface area contributed by atoms with Crippen molar-refractivity contribution in [2.24, 2.45) is 0 Å². The summed E-state index contributed by atoms with van der Waals surface area (Å²) in [6, 6.07) is 24.7. The molecule has 0 spiro atoms. The van der Waals surface area contributed by atoms with E-state index in [0.29, 0.717) is 0 Å². The molecule has 0 saturated heterocycles. The summed E-state index contributed by atoms with van der Waals surface area (Å²) in [5.41, 5.74) is 4.67. The third-order valence-electron chi connectivity index (χ3n) is 6.32. The summed E-state index contributed by atoms with van der Waals surface area (Å²) in [7, 11) is 0. The van der Waals surface area contributed by atoms with Gasteiger partial charge in [-0.05, 0) is 42.7 Å². The van der Waals surface area contributed by atoms with Crippen LogP contribution in [0.3, 0.4) is 0 Å². The van der Waals surface area contributed by atoms with Crippen molar-refractivity contribution in [2.75, 3.05) is 11.9 Å². The van der Waals surface area contributed by atoms with Crippen LogP contribution in [0.5, 0.6) is 0 Å². The number of amides is 1. The van der Waals surface area contributed by atoms with E-state index in [-0.39, 0.29) is 12.5 Å². The summed E-state index contributed by atoms with van der Waals surface area (Å²) in [5.74, 6) is 0.537. The lowest BCUT2D eigenvalue weighted by atomic mass is 9.81. The molecule has 5 rings (SSSR count). The van der Waals surface area contributed by atoms with E-state index in [1.54, 1.807) is 0 Å². The predicted octanol–water partition coefficient (Wildman–Crippen LogP) is 4.48. The van der Waals surface area contributed by atoms with Crippen LogP contribution < -0.4 is 10.6 Å². The highest BCUT2D eigenvalue weighted by Gasteiger charge is 2.49. The second-order valence-electron chi connectivity index (χ2n) is 8.32. The Balaban J connectivity index is 1.71. The number of aliphatic hydroxyl groups is 1. The van der Waals surface area contributed by atoms with Gasteiger partial charge in [-0.25, -0.2) is 0 Å². The van der Waals surface area contributed by atoms with E-state index in [1.807, 2.05) is 92.7 Å². The number of carbonyl (C=O) groups is 1. The Kier molecular flexibility index (Phi) is 5.32. The Hall–Kier alpha value is -3.74. The Morgan fingerprint density at radius 2 is 1.73 bits per heavy atom. The van der Waals surface area contributed by atoms with Crippen LogP contribution in [0.2, 0.25) is 0 Å². The van der Waals surface area contributed by atoms with E-state index in [9.17, 15) is 9.90 Å². The van der Waals surface area contributed by atoms with Crippen molar-refractivity contribution in [2.45, 2.75) is 25.4 Å². The van der Waals surface area contributed by atoms with Crippen LogP contribution in [0, 0.1) is 13.8 Å². The minimum Gasteiger partial charge on any atom is -0.394 e. The van der Waals surface area contributed by atoms with Gasteiger partial charge in [0.15, 0.2) is 5.54 Å². The molecule has 1 aromatic heterocycles. The van der Waals surface area contributed by atoms with Crippen LogP contribution in [0.15, 0.2) is 83.4 Å². The molecule has 6 heteroatoms. The van der Waals surface area contributed by atoms with Gasteiger partial charge in [0, 0.05) is 16.8 Å². The average Bonchev–Trinajstić information content (AvgIpc) is 3.33. The number of fused-ring (bicyclic) bond motifs is 1. The fraction of sp³-hybridized carbons (Fsp3) is 0.185. The van der Waals surface area contributed by atoms with Gasteiger partial charge in [0.05, 0.1) is 18.3 Å². The Labute approximate surface area is 192 Å². The van der Waals surface area contributed by atoms with Crippen molar-refractivity contribution in [1.29, 1.82) is 0 Å². The van der Waals surface area contributed by atoms with Crippen LogP contribution in [-0.4, -0.2) is 22.8 Å². The first-order chi connectivity index (χ1) is 16.0. The monoisotopic (exact) mass is 439 g/mol. The van der Waals surface area contributed by atoms with Crippen LogP contribution in [0.25, 0.3) is 11.1 Å². The quantitative estimate of drug-likeness (QED) is 0.412. The van der Waals surface area contributed by atoms with E-state index >= 15 is 0 Å². The fourth-order valence-electron chi connectivity index (χ4n) is 4.73. The Bertz CT molecular complexity index is 1280. The largest absolute Gasteiger partial charge is 0.394 e. The van der Waals surface area contributed by atoms with Gasteiger partial charge >= 0.3 is 0 Å². The molecule has 0 radical (unpaired) electrons. The summed E-state index contributed by atoms with van der Waals surface area (Å²) < 4.78 is 5.39. The minimum atomic E-state index is -1.19. The van der Waals surface area contributed by atoms with E-state index < -0.39 is 11.6 Å². The molecule has 6 nitrogen and oxygen atoms in total. The molecule has 0 fully saturated rings. The summed E-state index contributed by atoms with van der Waals surface area (Å²) in [5, 5.41) is 21.0. The molecular weight excluding hydrogens is 414 g/mol. The van der Waals surface area contributed by atoms with E-state index in [0.717, 1.165) is 45.0 Å². The fourth-order valence-corrected chi connectivity index (χ4v) is 4.73. The first-order valence-corrected chi connectivity index (χ1v) is 10.9. The maximum atomic E-state index is 13.7. The second-order valence-corrected chi connectivity index (χ2v) is 8.32. The number of nitrogens with one attached hydrogen (secondary N) is 2. The van der Waals surface area contributed by atoms with Crippen LogP contribution in [0.1, 0.15) is 34.2 Å². The number of nitrogens with zero attached hydrogens (tertiary/aromatic N) is 1. The maximum absolute atomic E-state index is 13.7. The molecule has 0 bridgehead atoms. The molecular formula is C27H25N3O3. The number of hydrogen-bond acceptors (Lipinski definition) is 5. The van der Waals surface area contributed by atoms with Crippen molar-refractivity contribution in [1.82, 2.24) is 10.5 Å². The third kappa shape index (κ3) is 3.44. The van der Waals surface area contributed by atoms with Gasteiger partial charge in [-0.1, -0.05) is 71.9 Å². The lowest BCUT2D eigenvalue weighted by Gasteiger charge is -2.34. The molecule has 0 aliphatic carbocycles. The van der Waals surface area contributed by atoms with Crippen molar-refractivity contribution < 1.29 is 14.4 Å². The lowest BCUT2D eigenvalue weighted by molar-refractivity contribution is -0.120. The smallest absolute Gasteiger partial charge is 0.254 e. The number of aliphatic hydroxyl groups excluding tert-OH is 1. The lowest BCUT2D eigenvalue weighted by Crippen LogP contribution is -2.51. The topological polar surface area (TPSA) is 87.4 Å². The molecule has 33 heavy (non-hydrogen) atoms. The van der Waals surface area contributed by atoms with Crippen LogP contribution in [-0.2, 0) is 10.3 Å². The van der Waals surface area contributed by atoms with Gasteiger partial charge in [-0.2, -0.15) is 0 Å². The van der Waals surface area contributed by atoms with Crippen molar-refractivity contribution in [3.8, 4) is 11.1 Å². The summed E-state index contributed by atoms with van der Waals surface area (Å²) >= 11 is 0. The SMILES string of the molecule is Cc1noc(C)c1-c1ccc2c(c1)C(N[C@H](CO)c1ccccc1)(c1ccccc1)C(=O)N2. The molecule has 2 heterocycles. The summed E-state index contributed by atoms with van der Waals surface area (Å²) in [6.07, 6.45) is 0. The molecule has 3 N–H and O–H groups in total. The molecule has 3 aromatic carbocycles. The highest BCUT2D eigenvalue weighted by atomic mass is 16.5. The van der Waals surface area contributed by atoms with Crippen LogP contribution in [0.4, 0.5) is 5.69 Å². The summed E-state index contributed by atoms with van der Waals surface area (Å²) in [6.45, 7) is 3.62. The Morgan fingerprint density at radius 1 is 1.03 bits per heavy atom. The van der Waals surface area contributed by atoms with Gasteiger partial charge in [0.25, 0.3) is 5.91 Å². The number of benzene rings is 3. The number of carbonyl (C=O) groups excluding carboxylic acids is 1. The van der Waals surface area contributed by atoms with Gasteiger partial charge < -0.3 is 14.9 Å². The normalized spacial score (nSPS) is 18.1. The molecule has 1 aliphatic rings. The number of rotatable bonds is 6. The van der Waals surface area contributed by atoms with Crippen LogP contribution >= 0.6 is 0 Å². The Morgan fingerprint density at radius 3 is 2.36 bits per heavy atom.